The zero-order valence-electron chi connectivity index (χ0n) is 9.82. The SMILES string of the molecule is Cc1nccc(CNC(C2CC2)C2CC2)n1. The van der Waals surface area contributed by atoms with Gasteiger partial charge < -0.3 is 5.32 Å². The van der Waals surface area contributed by atoms with Crippen LogP contribution >= 0.6 is 0 Å². The molecule has 1 aromatic heterocycles. The lowest BCUT2D eigenvalue weighted by Gasteiger charge is -2.17. The first-order chi connectivity index (χ1) is 7.83. The van der Waals surface area contributed by atoms with Gasteiger partial charge in [-0.3, -0.25) is 0 Å². The fraction of sp³-hybridized carbons (Fsp3) is 0.692. The lowest BCUT2D eigenvalue weighted by molar-refractivity contribution is 0.413. The average molecular weight is 217 g/mol. The van der Waals surface area contributed by atoms with E-state index < -0.39 is 0 Å². The second-order valence-electron chi connectivity index (χ2n) is 5.18. The predicted molar refractivity (Wildman–Crippen MR) is 62.8 cm³/mol. The Labute approximate surface area is 96.7 Å². The van der Waals surface area contributed by atoms with Crippen molar-refractivity contribution in [3.8, 4) is 0 Å². The highest BCUT2D eigenvalue weighted by Gasteiger charge is 2.40. The first-order valence-corrected chi connectivity index (χ1v) is 6.35. The Morgan fingerprint density at radius 1 is 1.31 bits per heavy atom. The normalized spacial score (nSPS) is 20.4. The minimum atomic E-state index is 0.760. The van der Waals surface area contributed by atoms with E-state index in [1.165, 1.54) is 25.7 Å². The molecule has 3 rings (SSSR count). The summed E-state index contributed by atoms with van der Waals surface area (Å²) < 4.78 is 0. The van der Waals surface area contributed by atoms with Crippen molar-refractivity contribution < 1.29 is 0 Å². The Bertz CT molecular complexity index is 357. The van der Waals surface area contributed by atoms with Crippen molar-refractivity contribution in [2.45, 2.75) is 45.2 Å². The highest BCUT2D eigenvalue weighted by Crippen LogP contribution is 2.44. The summed E-state index contributed by atoms with van der Waals surface area (Å²) in [6.07, 6.45) is 7.56. The van der Waals surface area contributed by atoms with Gasteiger partial charge in [-0.2, -0.15) is 0 Å². The molecule has 0 aromatic carbocycles. The Morgan fingerprint density at radius 3 is 2.56 bits per heavy atom. The van der Waals surface area contributed by atoms with Crippen molar-refractivity contribution in [2.75, 3.05) is 0 Å². The minimum Gasteiger partial charge on any atom is -0.308 e. The maximum absolute atomic E-state index is 4.43. The van der Waals surface area contributed by atoms with Crippen LogP contribution in [0, 0.1) is 18.8 Å². The topological polar surface area (TPSA) is 37.8 Å². The van der Waals surface area contributed by atoms with Gasteiger partial charge in [-0.15, -0.1) is 0 Å². The van der Waals surface area contributed by atoms with Crippen molar-refractivity contribution in [3.05, 3.63) is 23.8 Å². The molecule has 0 spiro atoms. The molecule has 1 aromatic rings. The summed E-state index contributed by atoms with van der Waals surface area (Å²) in [5.74, 6) is 2.78. The molecule has 1 heterocycles. The van der Waals surface area contributed by atoms with Crippen LogP contribution in [-0.4, -0.2) is 16.0 Å². The van der Waals surface area contributed by atoms with E-state index in [0.29, 0.717) is 0 Å². The fourth-order valence-electron chi connectivity index (χ4n) is 2.45. The second-order valence-corrected chi connectivity index (χ2v) is 5.18. The van der Waals surface area contributed by atoms with E-state index in [-0.39, 0.29) is 0 Å². The number of rotatable bonds is 5. The maximum Gasteiger partial charge on any atom is 0.125 e. The molecule has 16 heavy (non-hydrogen) atoms. The Morgan fingerprint density at radius 2 is 2.00 bits per heavy atom. The van der Waals surface area contributed by atoms with Crippen LogP contribution in [-0.2, 0) is 6.54 Å². The summed E-state index contributed by atoms with van der Waals surface area (Å²) in [6.45, 7) is 2.85. The maximum atomic E-state index is 4.43. The van der Waals surface area contributed by atoms with Crippen molar-refractivity contribution in [1.82, 2.24) is 15.3 Å². The smallest absolute Gasteiger partial charge is 0.125 e. The highest BCUT2D eigenvalue weighted by molar-refractivity contribution is 5.03. The average Bonchev–Trinajstić information content (AvgIpc) is 3.13. The lowest BCUT2D eigenvalue weighted by atomic mass is 10.1. The largest absolute Gasteiger partial charge is 0.308 e. The van der Waals surface area contributed by atoms with Gasteiger partial charge >= 0.3 is 0 Å². The van der Waals surface area contributed by atoms with Crippen LogP contribution in [0.2, 0.25) is 0 Å². The van der Waals surface area contributed by atoms with E-state index >= 15 is 0 Å². The molecule has 3 heteroatoms. The first kappa shape index (κ1) is 10.2. The zero-order valence-corrected chi connectivity index (χ0v) is 9.82. The summed E-state index contributed by atoms with van der Waals surface area (Å²) in [7, 11) is 0. The molecule has 0 radical (unpaired) electrons. The van der Waals surface area contributed by atoms with Crippen LogP contribution < -0.4 is 5.32 Å². The van der Waals surface area contributed by atoms with E-state index in [4.69, 9.17) is 0 Å². The third-order valence-corrected chi connectivity index (χ3v) is 3.61. The lowest BCUT2D eigenvalue weighted by Crippen LogP contribution is -2.32. The first-order valence-electron chi connectivity index (χ1n) is 6.35. The molecule has 1 N–H and O–H groups in total. The highest BCUT2D eigenvalue weighted by atomic mass is 15.0. The predicted octanol–water partition coefficient (Wildman–Crippen LogP) is 2.06. The molecular formula is C13H19N3. The summed E-state index contributed by atoms with van der Waals surface area (Å²) in [4.78, 5) is 8.55. The van der Waals surface area contributed by atoms with E-state index in [1.807, 2.05) is 19.2 Å². The molecular weight excluding hydrogens is 198 g/mol. The fourth-order valence-corrected chi connectivity index (χ4v) is 2.45. The minimum absolute atomic E-state index is 0.760. The summed E-state index contributed by atoms with van der Waals surface area (Å²) >= 11 is 0. The van der Waals surface area contributed by atoms with Gasteiger partial charge in [0.05, 0.1) is 5.69 Å². The Hall–Kier alpha value is -0.960. The van der Waals surface area contributed by atoms with Gasteiger partial charge in [0.1, 0.15) is 5.82 Å². The van der Waals surface area contributed by atoms with Gasteiger partial charge in [0.2, 0.25) is 0 Å². The number of aromatic nitrogens is 2. The number of nitrogens with one attached hydrogen (secondary N) is 1. The van der Waals surface area contributed by atoms with Crippen LogP contribution in [0.4, 0.5) is 0 Å². The van der Waals surface area contributed by atoms with Crippen molar-refractivity contribution in [3.63, 3.8) is 0 Å². The number of nitrogens with zero attached hydrogens (tertiary/aromatic N) is 2. The van der Waals surface area contributed by atoms with Gasteiger partial charge in [-0.1, -0.05) is 0 Å². The molecule has 0 saturated heterocycles. The van der Waals surface area contributed by atoms with Crippen molar-refractivity contribution >= 4 is 0 Å². The van der Waals surface area contributed by atoms with Gasteiger partial charge in [-0.25, -0.2) is 9.97 Å². The van der Waals surface area contributed by atoms with Crippen LogP contribution in [0.5, 0.6) is 0 Å². The molecule has 0 amide bonds. The van der Waals surface area contributed by atoms with Crippen LogP contribution in [0.3, 0.4) is 0 Å². The third-order valence-electron chi connectivity index (χ3n) is 3.61. The molecule has 0 atom stereocenters. The molecule has 2 saturated carbocycles. The van der Waals surface area contributed by atoms with Crippen LogP contribution in [0.25, 0.3) is 0 Å². The van der Waals surface area contributed by atoms with Crippen molar-refractivity contribution in [2.24, 2.45) is 11.8 Å². The third kappa shape index (κ3) is 2.40. The number of hydrogen-bond acceptors (Lipinski definition) is 3. The van der Waals surface area contributed by atoms with Crippen LogP contribution in [0.1, 0.15) is 37.2 Å². The molecule has 0 aliphatic heterocycles. The van der Waals surface area contributed by atoms with Gasteiger partial charge in [0.15, 0.2) is 0 Å². The summed E-state index contributed by atoms with van der Waals surface area (Å²) in [6, 6.07) is 2.77. The molecule has 2 fully saturated rings. The number of aryl methyl sites for hydroxylation is 1. The molecule has 0 unspecified atom stereocenters. The van der Waals surface area contributed by atoms with Gasteiger partial charge in [-0.05, 0) is 50.5 Å². The Balaban J connectivity index is 1.58. The van der Waals surface area contributed by atoms with E-state index in [2.05, 4.69) is 15.3 Å². The van der Waals surface area contributed by atoms with Crippen molar-refractivity contribution in [1.29, 1.82) is 0 Å². The summed E-state index contributed by atoms with van der Waals surface area (Å²) in [5, 5.41) is 3.70. The van der Waals surface area contributed by atoms with Gasteiger partial charge in [0.25, 0.3) is 0 Å². The second kappa shape index (κ2) is 4.13. The molecule has 0 bridgehead atoms. The van der Waals surface area contributed by atoms with Gasteiger partial charge in [0, 0.05) is 18.8 Å². The quantitative estimate of drug-likeness (QED) is 0.820. The molecule has 2 aliphatic rings. The van der Waals surface area contributed by atoms with E-state index in [9.17, 15) is 0 Å². The zero-order chi connectivity index (χ0) is 11.0. The van der Waals surface area contributed by atoms with Crippen LogP contribution in [0.15, 0.2) is 12.3 Å². The number of hydrogen-bond donors (Lipinski definition) is 1. The molecule has 2 aliphatic carbocycles. The van der Waals surface area contributed by atoms with E-state index in [1.54, 1.807) is 0 Å². The summed E-state index contributed by atoms with van der Waals surface area (Å²) in [5.41, 5.74) is 1.12. The van der Waals surface area contributed by atoms with E-state index in [0.717, 1.165) is 35.9 Å². The Kier molecular flexibility index (Phi) is 2.64. The monoisotopic (exact) mass is 217 g/mol. The standard InChI is InChI=1S/C13H19N3/c1-9-14-7-6-12(16-9)8-15-13(10-2-3-10)11-4-5-11/h6-7,10-11,13,15H,2-5,8H2,1H3. The molecule has 3 nitrogen and oxygen atoms in total. The molecule has 86 valence electrons.